The molecule has 208 valence electrons. The highest BCUT2D eigenvalue weighted by atomic mass is 19.2. The number of H-pyrrole nitrogens is 1. The number of aromatic amines is 1. The highest BCUT2D eigenvalue weighted by Gasteiger charge is 2.32. The molecule has 2 aliphatic rings. The molecule has 1 aromatic heterocycles. The first-order valence-corrected chi connectivity index (χ1v) is 13.2. The molecule has 2 amide bonds. The number of nitrogens with zero attached hydrogens (tertiary/aromatic N) is 2. The Bertz CT molecular complexity index is 1350. The van der Waals surface area contributed by atoms with Crippen LogP contribution in [0.1, 0.15) is 54.5 Å². The van der Waals surface area contributed by atoms with Gasteiger partial charge in [-0.05, 0) is 58.5 Å². The summed E-state index contributed by atoms with van der Waals surface area (Å²) in [5, 5.41) is 2.72. The largest absolute Gasteiger partial charge is 0.358 e. The van der Waals surface area contributed by atoms with E-state index in [2.05, 4.69) is 16.9 Å². The molecule has 0 saturated carbocycles. The fourth-order valence-electron chi connectivity index (χ4n) is 4.72. The zero-order valence-corrected chi connectivity index (χ0v) is 23.7. The van der Waals surface area contributed by atoms with Gasteiger partial charge in [-0.15, -0.1) is 0 Å². The van der Waals surface area contributed by atoms with Crippen LogP contribution in [0.4, 0.5) is 8.78 Å². The first-order valence-electron chi connectivity index (χ1n) is 13.2. The first-order chi connectivity index (χ1) is 18.5. The SMILES string of the molecule is C=C1NC(=O)C(=C\c2[nH]c(CC)c(C(=O)N(CC)CCN(C)C)c2C)/C1=C(/C=C\C)C1=CC=CCC(F)=C1F. The Morgan fingerprint density at radius 3 is 2.54 bits per heavy atom. The summed E-state index contributed by atoms with van der Waals surface area (Å²) in [5.74, 6) is -2.33. The van der Waals surface area contributed by atoms with Gasteiger partial charge in [-0.25, -0.2) is 8.78 Å². The lowest BCUT2D eigenvalue weighted by molar-refractivity contribution is -0.115. The van der Waals surface area contributed by atoms with Crippen LogP contribution in [-0.2, 0) is 11.2 Å². The molecule has 1 aliphatic heterocycles. The van der Waals surface area contributed by atoms with Crippen LogP contribution in [-0.4, -0.2) is 60.3 Å². The maximum Gasteiger partial charge on any atom is 0.256 e. The number of likely N-dealkylation sites (N-methyl/N-ethyl adjacent to an activating group) is 2. The molecule has 6 nitrogen and oxygen atoms in total. The van der Waals surface area contributed by atoms with Crippen molar-refractivity contribution in [2.45, 2.75) is 40.5 Å². The lowest BCUT2D eigenvalue weighted by Crippen LogP contribution is -2.37. The molecule has 1 aromatic rings. The summed E-state index contributed by atoms with van der Waals surface area (Å²) < 4.78 is 29.5. The van der Waals surface area contributed by atoms with Crippen LogP contribution in [0, 0.1) is 6.92 Å². The number of hydrogen-bond donors (Lipinski definition) is 2. The summed E-state index contributed by atoms with van der Waals surface area (Å²) >= 11 is 0. The summed E-state index contributed by atoms with van der Waals surface area (Å²) in [6.45, 7) is 13.4. The molecule has 0 unspecified atom stereocenters. The zero-order chi connectivity index (χ0) is 28.9. The Balaban J connectivity index is 2.19. The number of halogens is 2. The predicted octanol–water partition coefficient (Wildman–Crippen LogP) is 5.85. The van der Waals surface area contributed by atoms with Crippen molar-refractivity contribution in [1.29, 1.82) is 0 Å². The van der Waals surface area contributed by atoms with Gasteiger partial charge in [0.2, 0.25) is 0 Å². The third-order valence-corrected chi connectivity index (χ3v) is 6.85. The van der Waals surface area contributed by atoms with Gasteiger partial charge in [-0.3, -0.25) is 9.59 Å². The van der Waals surface area contributed by atoms with Crippen LogP contribution >= 0.6 is 0 Å². The van der Waals surface area contributed by atoms with Gasteiger partial charge in [-0.1, -0.05) is 43.9 Å². The second-order valence-electron chi connectivity index (χ2n) is 9.77. The second kappa shape index (κ2) is 12.8. The minimum atomic E-state index is -0.971. The molecule has 0 atom stereocenters. The number of rotatable bonds is 9. The molecule has 0 bridgehead atoms. The topological polar surface area (TPSA) is 68.4 Å². The van der Waals surface area contributed by atoms with Crippen LogP contribution in [0.5, 0.6) is 0 Å². The highest BCUT2D eigenvalue weighted by molar-refractivity contribution is 6.10. The molecular formula is C31H38F2N4O2. The van der Waals surface area contributed by atoms with Crippen molar-refractivity contribution in [3.63, 3.8) is 0 Å². The second-order valence-corrected chi connectivity index (χ2v) is 9.77. The van der Waals surface area contributed by atoms with Crippen molar-refractivity contribution in [2.24, 2.45) is 0 Å². The average molecular weight is 537 g/mol. The van der Waals surface area contributed by atoms with Gasteiger partial charge in [0.1, 0.15) is 5.83 Å². The Hall–Kier alpha value is -3.78. The molecule has 3 rings (SSSR count). The zero-order valence-electron chi connectivity index (χ0n) is 23.7. The van der Waals surface area contributed by atoms with Gasteiger partial charge >= 0.3 is 0 Å². The molecule has 1 saturated heterocycles. The summed E-state index contributed by atoms with van der Waals surface area (Å²) in [6.07, 6.45) is 10.1. The quantitative estimate of drug-likeness (QED) is 0.390. The molecule has 1 aliphatic carbocycles. The number of hydrogen-bond acceptors (Lipinski definition) is 3. The Labute approximate surface area is 229 Å². The number of allylic oxidation sites excluding steroid dienone is 10. The van der Waals surface area contributed by atoms with Crippen molar-refractivity contribution in [2.75, 3.05) is 33.7 Å². The molecule has 0 spiro atoms. The van der Waals surface area contributed by atoms with E-state index in [-0.39, 0.29) is 23.5 Å². The third kappa shape index (κ3) is 6.28. The number of nitrogens with one attached hydrogen (secondary N) is 2. The fraction of sp³-hybridized carbons (Fsp3) is 0.355. The van der Waals surface area contributed by atoms with E-state index in [1.54, 1.807) is 31.2 Å². The average Bonchev–Trinajstić information content (AvgIpc) is 3.29. The molecular weight excluding hydrogens is 498 g/mol. The van der Waals surface area contributed by atoms with E-state index in [0.717, 1.165) is 17.8 Å². The Morgan fingerprint density at radius 2 is 1.92 bits per heavy atom. The number of carbonyl (C=O) groups excluding carboxylic acids is 2. The smallest absolute Gasteiger partial charge is 0.256 e. The van der Waals surface area contributed by atoms with Gasteiger partial charge in [0.25, 0.3) is 11.8 Å². The first kappa shape index (κ1) is 29.8. The van der Waals surface area contributed by atoms with Crippen LogP contribution < -0.4 is 5.32 Å². The maximum atomic E-state index is 15.1. The van der Waals surface area contributed by atoms with Gasteiger partial charge in [0.05, 0.1) is 11.1 Å². The molecule has 0 aromatic carbocycles. The lowest BCUT2D eigenvalue weighted by Gasteiger charge is -2.23. The number of aromatic nitrogens is 1. The highest BCUT2D eigenvalue weighted by Crippen LogP contribution is 2.38. The van der Waals surface area contributed by atoms with Gasteiger partial charge in [-0.2, -0.15) is 0 Å². The summed E-state index contributed by atoms with van der Waals surface area (Å²) in [7, 11) is 3.93. The van der Waals surface area contributed by atoms with Gasteiger partial charge in [0, 0.05) is 54.3 Å². The van der Waals surface area contributed by atoms with Gasteiger partial charge < -0.3 is 20.1 Å². The molecule has 39 heavy (non-hydrogen) atoms. The van der Waals surface area contributed by atoms with Crippen LogP contribution in [0.3, 0.4) is 0 Å². The Kier molecular flexibility index (Phi) is 9.81. The monoisotopic (exact) mass is 536 g/mol. The van der Waals surface area contributed by atoms with Gasteiger partial charge in [0.15, 0.2) is 5.83 Å². The summed E-state index contributed by atoms with van der Waals surface area (Å²) in [4.78, 5) is 33.9. The third-order valence-electron chi connectivity index (χ3n) is 6.85. The summed E-state index contributed by atoms with van der Waals surface area (Å²) in [6, 6.07) is 0. The Morgan fingerprint density at radius 1 is 1.21 bits per heavy atom. The van der Waals surface area contributed by atoms with Crippen molar-refractivity contribution >= 4 is 17.9 Å². The van der Waals surface area contributed by atoms with E-state index in [9.17, 15) is 14.0 Å². The van der Waals surface area contributed by atoms with Crippen molar-refractivity contribution in [1.82, 2.24) is 20.1 Å². The standard InChI is InChI=1S/C31H38F2N4O2/c1-8-13-21(22-14-11-12-15-24(32)29(22)33)28-20(5)34-30(38)23(28)18-26-19(4)27(25(9-2)35-26)31(39)37(10-3)17-16-36(6)7/h8,11-14,18,35H,5,9-10,15-17H2,1-4,6-7H3,(H,34,38)/b13-8-,23-18-,28-21-. The van der Waals surface area contributed by atoms with E-state index >= 15 is 4.39 Å². The van der Waals surface area contributed by atoms with E-state index in [1.165, 1.54) is 12.2 Å². The number of amides is 2. The van der Waals surface area contributed by atoms with Crippen molar-refractivity contribution in [3.05, 3.63) is 99.1 Å². The van der Waals surface area contributed by atoms with E-state index in [4.69, 9.17) is 0 Å². The lowest BCUT2D eigenvalue weighted by atomic mass is 9.92. The number of carbonyl (C=O) groups is 2. The normalized spacial score (nSPS) is 18.4. The van der Waals surface area contributed by atoms with Crippen molar-refractivity contribution < 1.29 is 18.4 Å². The molecule has 2 heterocycles. The molecule has 8 heteroatoms. The van der Waals surface area contributed by atoms with Crippen molar-refractivity contribution in [3.8, 4) is 0 Å². The van der Waals surface area contributed by atoms with Crippen LogP contribution in [0.25, 0.3) is 6.08 Å². The molecule has 0 radical (unpaired) electrons. The van der Waals surface area contributed by atoms with E-state index < -0.39 is 17.6 Å². The molecule has 1 fully saturated rings. The van der Waals surface area contributed by atoms with E-state index in [1.807, 2.05) is 44.7 Å². The summed E-state index contributed by atoms with van der Waals surface area (Å²) in [5.41, 5.74) is 3.98. The minimum Gasteiger partial charge on any atom is -0.358 e. The minimum absolute atomic E-state index is 0.0331. The fourth-order valence-corrected chi connectivity index (χ4v) is 4.72. The van der Waals surface area contributed by atoms with E-state index in [0.29, 0.717) is 47.6 Å². The maximum absolute atomic E-state index is 15.1. The molecule has 2 N–H and O–H groups in total. The predicted molar refractivity (Wildman–Crippen MR) is 153 cm³/mol. The van der Waals surface area contributed by atoms with Crippen LogP contribution in [0.2, 0.25) is 0 Å². The number of aryl methyl sites for hydroxylation is 1. The van der Waals surface area contributed by atoms with Crippen LogP contribution in [0.15, 0.2) is 76.6 Å².